The highest BCUT2D eigenvalue weighted by Crippen LogP contribution is 2.19. The molecule has 0 aliphatic heterocycles. The molecule has 1 rings (SSSR count). The Kier molecular flexibility index (Phi) is 6.83. The maximum absolute atomic E-state index is 11.8. The van der Waals surface area contributed by atoms with E-state index in [-0.39, 0.29) is 5.91 Å². The number of nitrogens with two attached hydrogens (primary N) is 1. The average molecular weight is 330 g/mol. The van der Waals surface area contributed by atoms with Crippen molar-refractivity contribution >= 4 is 27.5 Å². The van der Waals surface area contributed by atoms with Crippen molar-refractivity contribution in [2.24, 2.45) is 0 Å². The number of nitrogens with one attached hydrogen (secondary N) is 1. The summed E-state index contributed by atoms with van der Waals surface area (Å²) < 4.78 is 6.17. The van der Waals surface area contributed by atoms with Gasteiger partial charge in [-0.15, -0.1) is 0 Å². The van der Waals surface area contributed by atoms with E-state index in [1.54, 1.807) is 18.2 Å². The van der Waals surface area contributed by atoms with Crippen LogP contribution in [-0.4, -0.2) is 51.2 Å². The molecule has 0 saturated heterocycles. The third kappa shape index (κ3) is 6.04. The van der Waals surface area contributed by atoms with E-state index < -0.39 is 0 Å². The fraction of sp³-hybridized carbons (Fsp3) is 0.462. The van der Waals surface area contributed by atoms with Gasteiger partial charge in [0, 0.05) is 28.8 Å². The summed E-state index contributed by atoms with van der Waals surface area (Å²) in [5.74, 6) is -0.143. The Labute approximate surface area is 122 Å². The normalized spacial score (nSPS) is 10.7. The van der Waals surface area contributed by atoms with Crippen LogP contribution < -0.4 is 11.1 Å². The number of nitrogens with zero attached hydrogens (tertiary/aromatic N) is 1. The molecule has 0 aromatic heterocycles. The molecule has 1 aromatic rings. The van der Waals surface area contributed by atoms with Crippen molar-refractivity contribution < 1.29 is 9.53 Å². The van der Waals surface area contributed by atoms with Crippen LogP contribution in [0.1, 0.15) is 10.4 Å². The van der Waals surface area contributed by atoms with Crippen LogP contribution in [0.2, 0.25) is 0 Å². The Morgan fingerprint density at radius 3 is 2.79 bits per heavy atom. The quantitative estimate of drug-likeness (QED) is 0.585. The zero-order chi connectivity index (χ0) is 14.3. The van der Waals surface area contributed by atoms with Crippen LogP contribution in [0.3, 0.4) is 0 Å². The molecule has 0 aliphatic rings. The summed E-state index contributed by atoms with van der Waals surface area (Å²) in [5, 5.41) is 2.79. The van der Waals surface area contributed by atoms with E-state index in [0.717, 1.165) is 11.0 Å². The van der Waals surface area contributed by atoms with E-state index in [0.29, 0.717) is 31.0 Å². The van der Waals surface area contributed by atoms with Gasteiger partial charge in [0.05, 0.1) is 13.2 Å². The number of halogens is 1. The van der Waals surface area contributed by atoms with Gasteiger partial charge in [-0.25, -0.2) is 0 Å². The number of anilines is 1. The van der Waals surface area contributed by atoms with E-state index in [9.17, 15) is 4.79 Å². The molecule has 19 heavy (non-hydrogen) atoms. The standard InChI is InChI=1S/C13H20BrN3O2/c1-17(2)6-8-19-7-5-16-13(18)10-3-4-11(14)12(15)9-10/h3-4,9H,5-8,15H2,1-2H3,(H,16,18). The number of hydrogen-bond donors (Lipinski definition) is 2. The van der Waals surface area contributed by atoms with Crippen LogP contribution in [0.15, 0.2) is 22.7 Å². The zero-order valence-corrected chi connectivity index (χ0v) is 12.9. The number of amides is 1. The van der Waals surface area contributed by atoms with Gasteiger partial charge in [0.25, 0.3) is 5.91 Å². The van der Waals surface area contributed by atoms with Crippen LogP contribution in [0.25, 0.3) is 0 Å². The summed E-state index contributed by atoms with van der Waals surface area (Å²) >= 11 is 3.29. The number of ether oxygens (including phenoxy) is 1. The Bertz CT molecular complexity index is 424. The molecule has 0 radical (unpaired) electrons. The maximum Gasteiger partial charge on any atom is 0.251 e. The van der Waals surface area contributed by atoms with Gasteiger partial charge in [-0.1, -0.05) is 0 Å². The lowest BCUT2D eigenvalue weighted by molar-refractivity contribution is 0.0900. The monoisotopic (exact) mass is 329 g/mol. The Morgan fingerprint density at radius 1 is 1.42 bits per heavy atom. The molecule has 0 bridgehead atoms. The molecule has 0 aliphatic carbocycles. The van der Waals surface area contributed by atoms with Crippen molar-refractivity contribution in [1.82, 2.24) is 10.2 Å². The minimum atomic E-state index is -0.143. The summed E-state index contributed by atoms with van der Waals surface area (Å²) in [6.45, 7) is 2.53. The number of nitrogen functional groups attached to an aromatic ring is 1. The molecule has 6 heteroatoms. The molecule has 0 unspecified atom stereocenters. The average Bonchev–Trinajstić information content (AvgIpc) is 2.36. The van der Waals surface area contributed by atoms with Crippen molar-refractivity contribution in [1.29, 1.82) is 0 Å². The molecule has 1 aromatic carbocycles. The van der Waals surface area contributed by atoms with Gasteiger partial charge >= 0.3 is 0 Å². The molecule has 0 heterocycles. The fourth-order valence-electron chi connectivity index (χ4n) is 1.37. The van der Waals surface area contributed by atoms with E-state index in [2.05, 4.69) is 21.2 Å². The van der Waals surface area contributed by atoms with Crippen LogP contribution in [0.5, 0.6) is 0 Å². The third-order valence-electron chi connectivity index (χ3n) is 2.47. The molecule has 106 valence electrons. The minimum absolute atomic E-state index is 0.143. The first-order chi connectivity index (χ1) is 9.00. The number of carbonyl (C=O) groups excluding carboxylic acids is 1. The first-order valence-electron chi connectivity index (χ1n) is 6.06. The number of hydrogen-bond acceptors (Lipinski definition) is 4. The third-order valence-corrected chi connectivity index (χ3v) is 3.20. The largest absolute Gasteiger partial charge is 0.398 e. The molecule has 0 atom stereocenters. The Balaban J connectivity index is 2.26. The van der Waals surface area contributed by atoms with Crippen LogP contribution in [0, 0.1) is 0 Å². The number of carbonyl (C=O) groups is 1. The van der Waals surface area contributed by atoms with Gasteiger partial charge in [0.1, 0.15) is 0 Å². The van der Waals surface area contributed by atoms with Crippen molar-refractivity contribution in [3.8, 4) is 0 Å². The topological polar surface area (TPSA) is 67.6 Å². The fourth-order valence-corrected chi connectivity index (χ4v) is 1.62. The lowest BCUT2D eigenvalue weighted by Crippen LogP contribution is -2.28. The van der Waals surface area contributed by atoms with Crippen molar-refractivity contribution in [3.05, 3.63) is 28.2 Å². The van der Waals surface area contributed by atoms with Crippen LogP contribution >= 0.6 is 15.9 Å². The van der Waals surface area contributed by atoms with Crippen molar-refractivity contribution in [2.45, 2.75) is 0 Å². The van der Waals surface area contributed by atoms with Gasteiger partial charge in [0.15, 0.2) is 0 Å². The van der Waals surface area contributed by atoms with Gasteiger partial charge in [-0.3, -0.25) is 4.79 Å². The Morgan fingerprint density at radius 2 is 2.16 bits per heavy atom. The number of likely N-dealkylation sites (N-methyl/N-ethyl adjacent to an activating group) is 1. The minimum Gasteiger partial charge on any atom is -0.398 e. The van der Waals surface area contributed by atoms with Crippen LogP contribution in [0.4, 0.5) is 5.69 Å². The van der Waals surface area contributed by atoms with Crippen molar-refractivity contribution in [2.75, 3.05) is 46.1 Å². The van der Waals surface area contributed by atoms with Crippen molar-refractivity contribution in [3.63, 3.8) is 0 Å². The molecule has 0 saturated carbocycles. The van der Waals surface area contributed by atoms with E-state index in [1.165, 1.54) is 0 Å². The molecular weight excluding hydrogens is 310 g/mol. The number of benzene rings is 1. The summed E-state index contributed by atoms with van der Waals surface area (Å²) in [6, 6.07) is 5.13. The molecule has 0 spiro atoms. The highest BCUT2D eigenvalue weighted by molar-refractivity contribution is 9.10. The smallest absolute Gasteiger partial charge is 0.251 e. The van der Waals surface area contributed by atoms with Gasteiger partial charge in [0.2, 0.25) is 0 Å². The lowest BCUT2D eigenvalue weighted by atomic mass is 10.2. The highest BCUT2D eigenvalue weighted by atomic mass is 79.9. The van der Waals surface area contributed by atoms with E-state index in [4.69, 9.17) is 10.5 Å². The lowest BCUT2D eigenvalue weighted by Gasteiger charge is -2.10. The predicted molar refractivity (Wildman–Crippen MR) is 80.3 cm³/mol. The summed E-state index contributed by atoms with van der Waals surface area (Å²) in [7, 11) is 3.98. The van der Waals surface area contributed by atoms with Gasteiger partial charge < -0.3 is 20.7 Å². The van der Waals surface area contributed by atoms with Crippen LogP contribution in [-0.2, 0) is 4.74 Å². The maximum atomic E-state index is 11.8. The Hall–Kier alpha value is -1.11. The molecule has 5 nitrogen and oxygen atoms in total. The van der Waals surface area contributed by atoms with E-state index in [1.807, 2.05) is 19.0 Å². The second kappa shape index (κ2) is 8.14. The van der Waals surface area contributed by atoms with Gasteiger partial charge in [-0.2, -0.15) is 0 Å². The highest BCUT2D eigenvalue weighted by Gasteiger charge is 2.06. The summed E-state index contributed by atoms with van der Waals surface area (Å²) in [5.41, 5.74) is 6.83. The molecule has 3 N–H and O–H groups in total. The second-order valence-corrected chi connectivity index (χ2v) is 5.26. The molecular formula is C13H20BrN3O2. The summed E-state index contributed by atoms with van der Waals surface area (Å²) in [6.07, 6.45) is 0. The molecule has 0 fully saturated rings. The SMILES string of the molecule is CN(C)CCOCCNC(=O)c1ccc(Br)c(N)c1. The number of rotatable bonds is 7. The zero-order valence-electron chi connectivity index (χ0n) is 11.3. The van der Waals surface area contributed by atoms with E-state index >= 15 is 0 Å². The first-order valence-corrected chi connectivity index (χ1v) is 6.85. The molecule has 1 amide bonds. The van der Waals surface area contributed by atoms with Gasteiger partial charge in [-0.05, 0) is 48.2 Å². The second-order valence-electron chi connectivity index (χ2n) is 4.41. The first kappa shape index (κ1) is 15.9. The summed E-state index contributed by atoms with van der Waals surface area (Å²) in [4.78, 5) is 13.8. The predicted octanol–water partition coefficient (Wildman–Crippen LogP) is 1.34.